The van der Waals surface area contributed by atoms with Crippen LogP contribution in [0.1, 0.15) is 22.3 Å². The van der Waals surface area contributed by atoms with E-state index in [0.29, 0.717) is 5.39 Å². The number of hydrogen-bond acceptors (Lipinski definition) is 2. The lowest BCUT2D eigenvalue weighted by Gasteiger charge is -2.15. The maximum absolute atomic E-state index is 12.6. The number of aromatic nitrogens is 1. The Morgan fingerprint density at radius 2 is 1.68 bits per heavy atom. The van der Waals surface area contributed by atoms with Crippen molar-refractivity contribution in [2.24, 2.45) is 0 Å². The van der Waals surface area contributed by atoms with Gasteiger partial charge in [0.05, 0.1) is 5.52 Å². The van der Waals surface area contributed by atoms with Crippen LogP contribution in [0.3, 0.4) is 0 Å². The fourth-order valence-corrected chi connectivity index (χ4v) is 3.30. The van der Waals surface area contributed by atoms with Crippen molar-refractivity contribution in [3.63, 3.8) is 0 Å². The molecule has 0 unspecified atom stereocenters. The molecule has 1 aromatic heterocycles. The van der Waals surface area contributed by atoms with Gasteiger partial charge in [-0.25, -0.2) is 0 Å². The van der Waals surface area contributed by atoms with Crippen LogP contribution >= 0.6 is 0 Å². The zero-order chi connectivity index (χ0) is 18.1. The van der Waals surface area contributed by atoms with E-state index in [4.69, 9.17) is 0 Å². The average molecular weight is 334 g/mol. The summed E-state index contributed by atoms with van der Waals surface area (Å²) in [6.45, 7) is 8.03. The predicted octanol–water partition coefficient (Wildman–Crippen LogP) is 3.87. The summed E-state index contributed by atoms with van der Waals surface area (Å²) < 4.78 is 1.83. The Balaban J connectivity index is 1.97. The minimum absolute atomic E-state index is 0.0149. The SMILES string of the molecule is Cc1cc(C)c2c(=O)ccn(CC(=O)Nc3c(C)cccc3C)c2c1. The monoisotopic (exact) mass is 334 g/mol. The Kier molecular flexibility index (Phi) is 4.45. The van der Waals surface area contributed by atoms with Gasteiger partial charge in [-0.05, 0) is 56.0 Å². The maximum Gasteiger partial charge on any atom is 0.244 e. The van der Waals surface area contributed by atoms with Crippen LogP contribution in [0.15, 0.2) is 47.4 Å². The van der Waals surface area contributed by atoms with Gasteiger partial charge in [-0.2, -0.15) is 0 Å². The summed E-state index contributed by atoms with van der Waals surface area (Å²) in [4.78, 5) is 24.8. The molecule has 0 saturated heterocycles. The lowest BCUT2D eigenvalue weighted by Crippen LogP contribution is -2.21. The summed E-state index contributed by atoms with van der Waals surface area (Å²) in [5.74, 6) is -0.110. The predicted molar refractivity (Wildman–Crippen MR) is 102 cm³/mol. The molecule has 0 aliphatic heterocycles. The van der Waals surface area contributed by atoms with Gasteiger partial charge in [0.25, 0.3) is 0 Å². The second kappa shape index (κ2) is 6.55. The van der Waals surface area contributed by atoms with Crippen LogP contribution in [0.2, 0.25) is 0 Å². The topological polar surface area (TPSA) is 51.1 Å². The summed E-state index contributed by atoms with van der Waals surface area (Å²) in [5, 5.41) is 3.67. The van der Waals surface area contributed by atoms with E-state index in [1.54, 1.807) is 6.20 Å². The normalized spacial score (nSPS) is 10.9. The zero-order valence-corrected chi connectivity index (χ0v) is 15.0. The zero-order valence-electron chi connectivity index (χ0n) is 15.0. The molecule has 0 bridgehead atoms. The maximum atomic E-state index is 12.6. The van der Waals surface area contributed by atoms with E-state index in [-0.39, 0.29) is 17.9 Å². The van der Waals surface area contributed by atoms with E-state index in [1.807, 2.05) is 62.6 Å². The van der Waals surface area contributed by atoms with Crippen molar-refractivity contribution in [3.8, 4) is 0 Å². The van der Waals surface area contributed by atoms with Crippen molar-refractivity contribution >= 4 is 22.5 Å². The number of carbonyl (C=O) groups is 1. The van der Waals surface area contributed by atoms with E-state index < -0.39 is 0 Å². The highest BCUT2D eigenvalue weighted by atomic mass is 16.2. The third-order valence-electron chi connectivity index (χ3n) is 4.48. The number of nitrogens with zero attached hydrogens (tertiary/aromatic N) is 1. The molecule has 128 valence electrons. The fraction of sp³-hybridized carbons (Fsp3) is 0.238. The number of anilines is 1. The van der Waals surface area contributed by atoms with Crippen LogP contribution in [0, 0.1) is 27.7 Å². The number of aryl methyl sites for hydroxylation is 4. The van der Waals surface area contributed by atoms with E-state index in [9.17, 15) is 9.59 Å². The van der Waals surface area contributed by atoms with Crippen molar-refractivity contribution in [2.75, 3.05) is 5.32 Å². The first-order chi connectivity index (χ1) is 11.9. The lowest BCUT2D eigenvalue weighted by atomic mass is 10.1. The van der Waals surface area contributed by atoms with Gasteiger partial charge in [0.1, 0.15) is 6.54 Å². The number of para-hydroxylation sites is 1. The molecule has 3 rings (SSSR count). The van der Waals surface area contributed by atoms with Gasteiger partial charge in [-0.15, -0.1) is 0 Å². The van der Waals surface area contributed by atoms with Gasteiger partial charge < -0.3 is 9.88 Å². The Hall–Kier alpha value is -2.88. The Labute approximate surface area is 147 Å². The van der Waals surface area contributed by atoms with Gasteiger partial charge in [-0.1, -0.05) is 24.3 Å². The van der Waals surface area contributed by atoms with Crippen molar-refractivity contribution < 1.29 is 4.79 Å². The number of hydrogen-bond donors (Lipinski definition) is 1. The molecular formula is C21H22N2O2. The van der Waals surface area contributed by atoms with Gasteiger partial charge in [-0.3, -0.25) is 9.59 Å². The molecule has 1 amide bonds. The van der Waals surface area contributed by atoms with Gasteiger partial charge in [0, 0.05) is 23.3 Å². The molecule has 1 heterocycles. The van der Waals surface area contributed by atoms with Crippen molar-refractivity contribution in [1.29, 1.82) is 0 Å². The van der Waals surface area contributed by atoms with Gasteiger partial charge >= 0.3 is 0 Å². The number of nitrogens with one attached hydrogen (secondary N) is 1. The molecule has 0 spiro atoms. The molecule has 0 aliphatic carbocycles. The second-order valence-electron chi connectivity index (χ2n) is 6.60. The molecule has 4 nitrogen and oxygen atoms in total. The smallest absolute Gasteiger partial charge is 0.244 e. The highest BCUT2D eigenvalue weighted by molar-refractivity contribution is 5.93. The van der Waals surface area contributed by atoms with Crippen LogP contribution < -0.4 is 10.7 Å². The number of pyridine rings is 1. The van der Waals surface area contributed by atoms with Crippen LogP contribution in [0.25, 0.3) is 10.9 Å². The summed E-state index contributed by atoms with van der Waals surface area (Å²) in [7, 11) is 0. The molecule has 0 radical (unpaired) electrons. The summed E-state index contributed by atoms with van der Waals surface area (Å²) >= 11 is 0. The first-order valence-corrected chi connectivity index (χ1v) is 8.33. The molecule has 0 aliphatic rings. The van der Waals surface area contributed by atoms with Crippen LogP contribution in [-0.4, -0.2) is 10.5 Å². The first kappa shape index (κ1) is 17.0. The number of carbonyl (C=O) groups excluding carboxylic acids is 1. The Bertz CT molecular complexity index is 1010. The lowest BCUT2D eigenvalue weighted by molar-refractivity contribution is -0.116. The minimum Gasteiger partial charge on any atom is -0.338 e. The third-order valence-corrected chi connectivity index (χ3v) is 4.48. The van der Waals surface area contributed by atoms with E-state index in [1.165, 1.54) is 6.07 Å². The largest absolute Gasteiger partial charge is 0.338 e. The van der Waals surface area contributed by atoms with Crippen molar-refractivity contribution in [1.82, 2.24) is 4.57 Å². The van der Waals surface area contributed by atoms with Gasteiger partial charge in [0.15, 0.2) is 5.43 Å². The molecule has 2 aromatic carbocycles. The number of fused-ring (bicyclic) bond motifs is 1. The Morgan fingerprint density at radius 1 is 1.00 bits per heavy atom. The first-order valence-electron chi connectivity index (χ1n) is 8.33. The average Bonchev–Trinajstić information content (AvgIpc) is 2.53. The van der Waals surface area contributed by atoms with Crippen LogP contribution in [-0.2, 0) is 11.3 Å². The summed E-state index contributed by atoms with van der Waals surface area (Å²) in [5.41, 5.74) is 5.70. The third kappa shape index (κ3) is 3.33. The number of rotatable bonds is 3. The highest BCUT2D eigenvalue weighted by Gasteiger charge is 2.11. The van der Waals surface area contributed by atoms with Crippen molar-refractivity contribution in [2.45, 2.75) is 34.2 Å². The molecule has 0 saturated carbocycles. The van der Waals surface area contributed by atoms with Crippen LogP contribution in [0.4, 0.5) is 5.69 Å². The molecule has 4 heteroatoms. The fourth-order valence-electron chi connectivity index (χ4n) is 3.30. The van der Waals surface area contributed by atoms with Gasteiger partial charge in [0.2, 0.25) is 5.91 Å². The molecule has 25 heavy (non-hydrogen) atoms. The second-order valence-corrected chi connectivity index (χ2v) is 6.60. The molecular weight excluding hydrogens is 312 g/mol. The quantitative estimate of drug-likeness (QED) is 0.790. The van der Waals surface area contributed by atoms with Crippen LogP contribution in [0.5, 0.6) is 0 Å². The highest BCUT2D eigenvalue weighted by Crippen LogP contribution is 2.20. The van der Waals surface area contributed by atoms with E-state index >= 15 is 0 Å². The van der Waals surface area contributed by atoms with E-state index in [2.05, 4.69) is 5.32 Å². The molecule has 0 fully saturated rings. The molecule has 0 atom stereocenters. The number of amides is 1. The minimum atomic E-state index is -0.110. The van der Waals surface area contributed by atoms with E-state index in [0.717, 1.165) is 33.5 Å². The molecule has 1 N–H and O–H groups in total. The Morgan fingerprint density at radius 3 is 2.36 bits per heavy atom. The molecule has 3 aromatic rings. The van der Waals surface area contributed by atoms with Crippen molar-refractivity contribution in [3.05, 3.63) is 75.1 Å². The summed E-state index contributed by atoms with van der Waals surface area (Å²) in [6, 6.07) is 11.4. The standard InChI is InChI=1S/C21H22N2O2/c1-13-10-16(4)20-17(11-13)23(9-8-18(20)24)12-19(25)22-21-14(2)6-5-7-15(21)3/h5-11H,12H2,1-4H3,(H,22,25). The number of benzene rings is 2. The summed E-state index contributed by atoms with van der Waals surface area (Å²) in [6.07, 6.45) is 1.69.